The molecule has 0 aliphatic heterocycles. The van der Waals surface area contributed by atoms with Gasteiger partial charge in [-0.3, -0.25) is 10.1 Å². The van der Waals surface area contributed by atoms with Gasteiger partial charge >= 0.3 is 5.97 Å². The van der Waals surface area contributed by atoms with Crippen molar-refractivity contribution in [3.63, 3.8) is 0 Å². The number of anilines is 1. The molecule has 0 saturated carbocycles. The van der Waals surface area contributed by atoms with E-state index in [4.69, 9.17) is 9.84 Å². The van der Waals surface area contributed by atoms with E-state index in [-0.39, 0.29) is 5.56 Å². The predicted octanol–water partition coefficient (Wildman–Crippen LogP) is 5.48. The molecule has 0 unspecified atom stereocenters. The number of benzene rings is 2. The zero-order chi connectivity index (χ0) is 26.5. The summed E-state index contributed by atoms with van der Waals surface area (Å²) in [7, 11) is 1.08. The molecule has 4 rings (SSSR count). The second-order valence-electron chi connectivity index (χ2n) is 8.36. The van der Waals surface area contributed by atoms with E-state index in [1.54, 1.807) is 0 Å². The van der Waals surface area contributed by atoms with Crippen LogP contribution < -0.4 is 5.32 Å². The fourth-order valence-electron chi connectivity index (χ4n) is 4.28. The minimum absolute atomic E-state index is 0.258. The minimum Gasteiger partial charge on any atom is -0.490 e. The molecule has 0 saturated heterocycles. The van der Waals surface area contributed by atoms with Gasteiger partial charge < -0.3 is 14.6 Å². The number of rotatable bonds is 10. The second-order valence-corrected chi connectivity index (χ2v) is 9.44. The lowest BCUT2D eigenvalue weighted by molar-refractivity contribution is -0.135. The maximum Gasteiger partial charge on any atom is 0.371 e. The molecule has 0 radical (unpaired) electrons. The number of halogens is 2. The van der Waals surface area contributed by atoms with Crippen molar-refractivity contribution in [3.05, 3.63) is 74.9 Å². The number of aromatic nitrogens is 1. The van der Waals surface area contributed by atoms with Crippen LogP contribution in [-0.4, -0.2) is 42.3 Å². The Hall–Kier alpha value is -3.63. The summed E-state index contributed by atoms with van der Waals surface area (Å²) in [5, 5.41) is 12.0. The lowest BCUT2D eigenvalue weighted by atomic mass is 9.88. The highest BCUT2D eigenvalue weighted by molar-refractivity contribution is 7.16. The van der Waals surface area contributed by atoms with Crippen molar-refractivity contribution < 1.29 is 33.0 Å². The van der Waals surface area contributed by atoms with E-state index >= 15 is 0 Å². The first kappa shape index (κ1) is 26.4. The number of amides is 1. The molecule has 1 amide bonds. The van der Waals surface area contributed by atoms with E-state index in [9.17, 15) is 18.4 Å². The quantitative estimate of drug-likeness (QED) is 0.205. The molecule has 7 nitrogen and oxygen atoms in total. The smallest absolute Gasteiger partial charge is 0.371 e. The van der Waals surface area contributed by atoms with Crippen molar-refractivity contribution in [2.45, 2.75) is 32.6 Å². The summed E-state index contributed by atoms with van der Waals surface area (Å²) in [4.78, 5) is 29.5. The molecule has 37 heavy (non-hydrogen) atoms. The molecule has 2 N–H and O–H groups in total. The van der Waals surface area contributed by atoms with Crippen LogP contribution in [0.15, 0.2) is 36.1 Å². The lowest BCUT2D eigenvalue weighted by Crippen LogP contribution is -2.13. The monoisotopic (exact) mass is 528 g/mol. The van der Waals surface area contributed by atoms with Crippen LogP contribution in [0.1, 0.15) is 45.3 Å². The van der Waals surface area contributed by atoms with Crippen molar-refractivity contribution in [3.8, 4) is 11.3 Å². The van der Waals surface area contributed by atoms with Gasteiger partial charge in [0.15, 0.2) is 5.13 Å². The van der Waals surface area contributed by atoms with Gasteiger partial charge in [0, 0.05) is 40.9 Å². The average Bonchev–Trinajstić information content (AvgIpc) is 3.29. The Balaban J connectivity index is 1.54. The Kier molecular flexibility index (Phi) is 8.30. The van der Waals surface area contributed by atoms with Crippen molar-refractivity contribution in [2.75, 3.05) is 25.6 Å². The van der Waals surface area contributed by atoms with Crippen LogP contribution in [0.3, 0.4) is 0 Å². The Morgan fingerprint density at radius 2 is 1.97 bits per heavy atom. The van der Waals surface area contributed by atoms with Crippen molar-refractivity contribution >= 4 is 34.4 Å². The Morgan fingerprint density at radius 1 is 1.22 bits per heavy atom. The standard InChI is InChI=1S/C27H26F2N2O5S/c1-3-36-11-5-7-15-6-4-8-18-17(15)9-10-23-24(18)30-27(37-23)31-25(32)16-12-20(28)19(21(29)13-16)14-22(35-2)26(33)34/h4,6,8,12-14H,3,5,7,9-11H2,1-2H3,(H,33,34)(H,30,31,32)/b22-14-. The third kappa shape index (κ3) is 5.86. The van der Waals surface area contributed by atoms with E-state index in [1.165, 1.54) is 22.5 Å². The number of nitrogens with one attached hydrogen (secondary N) is 1. The highest BCUT2D eigenvalue weighted by atomic mass is 32.1. The summed E-state index contributed by atoms with van der Waals surface area (Å²) in [6, 6.07) is 7.84. The SMILES string of the molecule is CCOCCCc1cccc2c1CCc1sc(NC(=O)c3cc(F)c(/C=C(\OC)C(=O)O)c(F)c3)nc1-2. The highest BCUT2D eigenvalue weighted by Gasteiger charge is 2.24. The molecule has 0 fully saturated rings. The summed E-state index contributed by atoms with van der Waals surface area (Å²) in [5.74, 6) is -5.03. The number of hydrogen-bond acceptors (Lipinski definition) is 6. The third-order valence-corrected chi connectivity index (χ3v) is 7.06. The molecule has 1 aliphatic rings. The summed E-state index contributed by atoms with van der Waals surface area (Å²) < 4.78 is 39.2. The number of fused-ring (bicyclic) bond motifs is 3. The fourth-order valence-corrected chi connectivity index (χ4v) is 5.25. The fraction of sp³-hybridized carbons (Fsp3) is 0.296. The number of nitrogens with zero attached hydrogens (tertiary/aromatic N) is 1. The van der Waals surface area contributed by atoms with Crippen LogP contribution in [0.4, 0.5) is 13.9 Å². The number of ether oxygens (including phenoxy) is 2. The molecule has 0 bridgehead atoms. The number of carbonyl (C=O) groups excluding carboxylic acids is 1. The summed E-state index contributed by atoms with van der Waals surface area (Å²) in [6.45, 7) is 3.39. The normalized spacial score (nSPS) is 12.6. The van der Waals surface area contributed by atoms with E-state index in [0.717, 1.165) is 67.1 Å². The lowest BCUT2D eigenvalue weighted by Gasteiger charge is -2.18. The number of aliphatic carboxylic acids is 1. The van der Waals surface area contributed by atoms with Gasteiger partial charge in [0.25, 0.3) is 5.91 Å². The van der Waals surface area contributed by atoms with Gasteiger partial charge in [0.2, 0.25) is 5.76 Å². The molecule has 0 atom stereocenters. The molecule has 3 aromatic rings. The number of carboxylic acid groups (broad SMARTS) is 1. The van der Waals surface area contributed by atoms with Gasteiger partial charge in [0.1, 0.15) is 11.6 Å². The van der Waals surface area contributed by atoms with E-state index in [0.29, 0.717) is 18.3 Å². The van der Waals surface area contributed by atoms with E-state index < -0.39 is 34.8 Å². The molecule has 194 valence electrons. The number of carbonyl (C=O) groups is 2. The second kappa shape index (κ2) is 11.6. The zero-order valence-corrected chi connectivity index (χ0v) is 21.2. The van der Waals surface area contributed by atoms with Gasteiger partial charge in [-0.25, -0.2) is 18.6 Å². The molecule has 0 spiro atoms. The summed E-state index contributed by atoms with van der Waals surface area (Å²) in [5.41, 5.74) is 3.49. The first-order valence-electron chi connectivity index (χ1n) is 11.8. The van der Waals surface area contributed by atoms with Crippen LogP contribution in [0.2, 0.25) is 0 Å². The maximum atomic E-state index is 14.6. The van der Waals surface area contributed by atoms with Crippen LogP contribution in [0.25, 0.3) is 17.3 Å². The van der Waals surface area contributed by atoms with Gasteiger partial charge in [0.05, 0.1) is 12.8 Å². The number of carboxylic acids is 1. The first-order valence-corrected chi connectivity index (χ1v) is 12.6. The Morgan fingerprint density at radius 3 is 2.65 bits per heavy atom. The van der Waals surface area contributed by atoms with Crippen LogP contribution in [0.5, 0.6) is 0 Å². The number of hydrogen-bond donors (Lipinski definition) is 2. The van der Waals surface area contributed by atoms with Crippen LogP contribution >= 0.6 is 11.3 Å². The summed E-state index contributed by atoms with van der Waals surface area (Å²) in [6.07, 6.45) is 4.22. The Labute approximate surface area is 216 Å². The number of methoxy groups -OCH3 is 1. The molecular weight excluding hydrogens is 502 g/mol. The molecule has 1 aliphatic carbocycles. The van der Waals surface area contributed by atoms with Gasteiger partial charge in [-0.05, 0) is 55.9 Å². The van der Waals surface area contributed by atoms with E-state index in [1.807, 2.05) is 19.1 Å². The molecule has 1 heterocycles. The molecule has 1 aromatic heterocycles. The average molecular weight is 529 g/mol. The molecule has 10 heteroatoms. The van der Waals surface area contributed by atoms with Crippen molar-refractivity contribution in [2.24, 2.45) is 0 Å². The Bertz CT molecular complexity index is 1350. The van der Waals surface area contributed by atoms with Gasteiger partial charge in [-0.2, -0.15) is 0 Å². The summed E-state index contributed by atoms with van der Waals surface area (Å²) >= 11 is 1.34. The first-order chi connectivity index (χ1) is 17.8. The largest absolute Gasteiger partial charge is 0.490 e. The van der Waals surface area contributed by atoms with E-state index in [2.05, 4.69) is 21.1 Å². The van der Waals surface area contributed by atoms with Crippen LogP contribution in [-0.2, 0) is 33.5 Å². The third-order valence-electron chi connectivity index (χ3n) is 6.03. The van der Waals surface area contributed by atoms with Gasteiger partial charge in [-0.15, -0.1) is 11.3 Å². The van der Waals surface area contributed by atoms with Crippen molar-refractivity contribution in [1.29, 1.82) is 0 Å². The highest BCUT2D eigenvalue weighted by Crippen LogP contribution is 2.39. The predicted molar refractivity (Wildman–Crippen MR) is 137 cm³/mol. The molecular formula is C27H26F2N2O5S. The van der Waals surface area contributed by atoms with Gasteiger partial charge in [-0.1, -0.05) is 18.2 Å². The minimum atomic E-state index is -1.48. The topological polar surface area (TPSA) is 97.8 Å². The van der Waals surface area contributed by atoms with Crippen molar-refractivity contribution in [1.82, 2.24) is 4.98 Å². The molecule has 2 aromatic carbocycles. The number of aryl methyl sites for hydroxylation is 2. The van der Waals surface area contributed by atoms with Crippen LogP contribution in [0, 0.1) is 11.6 Å². The maximum absolute atomic E-state index is 14.6. The zero-order valence-electron chi connectivity index (χ0n) is 20.4. The number of thiazole rings is 1.